The highest BCUT2D eigenvalue weighted by molar-refractivity contribution is 5.78. The highest BCUT2D eigenvalue weighted by Gasteiger charge is 2.08. The summed E-state index contributed by atoms with van der Waals surface area (Å²) in [7, 11) is 0. The summed E-state index contributed by atoms with van der Waals surface area (Å²) in [5, 5.41) is 4.25. The Morgan fingerprint density at radius 2 is 1.53 bits per heavy atom. The number of Topliss-reactive ketones (excluding diaryl/α,β-unsaturated/α-hetero) is 1. The van der Waals surface area contributed by atoms with Crippen LogP contribution in [-0.4, -0.2) is 18.4 Å². The van der Waals surface area contributed by atoms with E-state index in [1.807, 2.05) is 0 Å². The molecular weight excluding hydrogens is 200 g/mol. The van der Waals surface area contributed by atoms with Crippen LogP contribution in [0.25, 0.3) is 0 Å². The van der Waals surface area contributed by atoms with Crippen LogP contribution in [0.2, 0.25) is 0 Å². The van der Waals surface area contributed by atoms with E-state index < -0.39 is 5.97 Å². The average Bonchev–Trinajstić information content (AvgIpc) is 2.23. The van der Waals surface area contributed by atoms with Gasteiger partial charge >= 0.3 is 5.97 Å². The third-order valence-corrected chi connectivity index (χ3v) is 2.19. The van der Waals surface area contributed by atoms with Crippen molar-refractivity contribution in [3.05, 3.63) is 0 Å². The van der Waals surface area contributed by atoms with Crippen LogP contribution in [0.4, 0.5) is 0 Å². The third kappa shape index (κ3) is 6.19. The Morgan fingerprint density at radius 1 is 0.867 bits per heavy atom. The standard InChI is InChI=1S/C10H16O5/c11-9-5-1-2-7-10(12)14-15-13-8-4-3-6-9/h1-8H2. The van der Waals surface area contributed by atoms with Gasteiger partial charge in [-0.3, -0.25) is 9.68 Å². The molecule has 0 atom stereocenters. The number of hydrogen-bond acceptors (Lipinski definition) is 5. The number of carbonyl (C=O) groups excluding carboxylic acids is 2. The van der Waals surface area contributed by atoms with Crippen LogP contribution in [0.3, 0.4) is 0 Å². The Balaban J connectivity index is 2.27. The van der Waals surface area contributed by atoms with Crippen molar-refractivity contribution in [3.8, 4) is 0 Å². The number of ketones is 1. The monoisotopic (exact) mass is 216 g/mol. The zero-order chi connectivity index (χ0) is 10.9. The van der Waals surface area contributed by atoms with Crippen LogP contribution in [0.15, 0.2) is 0 Å². The first-order valence-corrected chi connectivity index (χ1v) is 5.30. The summed E-state index contributed by atoms with van der Waals surface area (Å²) >= 11 is 0. The van der Waals surface area contributed by atoms with Crippen LogP contribution in [0.1, 0.15) is 44.9 Å². The molecule has 1 saturated heterocycles. The van der Waals surface area contributed by atoms with Crippen molar-refractivity contribution in [2.75, 3.05) is 6.61 Å². The molecule has 5 heteroatoms. The van der Waals surface area contributed by atoms with Crippen LogP contribution >= 0.6 is 0 Å². The first-order valence-electron chi connectivity index (χ1n) is 5.30. The fourth-order valence-corrected chi connectivity index (χ4v) is 1.34. The van der Waals surface area contributed by atoms with E-state index in [4.69, 9.17) is 0 Å². The summed E-state index contributed by atoms with van der Waals surface area (Å²) in [5.74, 6) is -0.203. The molecule has 0 spiro atoms. The van der Waals surface area contributed by atoms with E-state index in [9.17, 15) is 9.59 Å². The molecule has 0 aromatic heterocycles. The third-order valence-electron chi connectivity index (χ3n) is 2.19. The van der Waals surface area contributed by atoms with Gasteiger partial charge in [0.05, 0.1) is 6.61 Å². The summed E-state index contributed by atoms with van der Waals surface area (Å²) in [6, 6.07) is 0. The van der Waals surface area contributed by atoms with Crippen molar-refractivity contribution in [2.45, 2.75) is 44.9 Å². The molecule has 0 aromatic carbocycles. The van der Waals surface area contributed by atoms with Gasteiger partial charge in [0.1, 0.15) is 5.78 Å². The second-order valence-electron chi connectivity index (χ2n) is 3.55. The Kier molecular flexibility index (Phi) is 5.96. The van der Waals surface area contributed by atoms with E-state index in [-0.39, 0.29) is 12.2 Å². The molecule has 0 aromatic rings. The van der Waals surface area contributed by atoms with E-state index in [0.717, 1.165) is 19.3 Å². The van der Waals surface area contributed by atoms with Crippen molar-refractivity contribution in [3.63, 3.8) is 0 Å². The van der Waals surface area contributed by atoms with Crippen molar-refractivity contribution in [1.82, 2.24) is 0 Å². The molecule has 1 fully saturated rings. The van der Waals surface area contributed by atoms with Gasteiger partial charge in [-0.15, -0.1) is 0 Å². The minimum Gasteiger partial charge on any atom is -0.300 e. The molecule has 0 N–H and O–H groups in total. The van der Waals surface area contributed by atoms with Crippen molar-refractivity contribution >= 4 is 11.8 Å². The number of rotatable bonds is 0. The maximum atomic E-state index is 11.3. The van der Waals surface area contributed by atoms with Gasteiger partial charge in [0, 0.05) is 19.3 Å². The molecule has 5 nitrogen and oxygen atoms in total. The average molecular weight is 216 g/mol. The SMILES string of the molecule is O=C1CCCCOOOC(=O)CCCC1. The minimum absolute atomic E-state index is 0.253. The van der Waals surface area contributed by atoms with Crippen LogP contribution in [0, 0.1) is 0 Å². The highest BCUT2D eigenvalue weighted by Crippen LogP contribution is 2.07. The second-order valence-corrected chi connectivity index (χ2v) is 3.55. The summed E-state index contributed by atoms with van der Waals surface area (Å²) in [5.41, 5.74) is 0. The Labute approximate surface area is 88.5 Å². The van der Waals surface area contributed by atoms with E-state index >= 15 is 0 Å². The molecule has 0 aliphatic carbocycles. The van der Waals surface area contributed by atoms with Gasteiger partial charge in [0.25, 0.3) is 0 Å². The van der Waals surface area contributed by atoms with E-state index in [0.29, 0.717) is 25.9 Å². The normalized spacial score (nSPS) is 22.1. The maximum absolute atomic E-state index is 11.3. The lowest BCUT2D eigenvalue weighted by molar-refractivity contribution is -0.486. The summed E-state index contributed by atoms with van der Waals surface area (Å²) in [6.45, 7) is 0.334. The van der Waals surface area contributed by atoms with E-state index in [2.05, 4.69) is 14.8 Å². The minimum atomic E-state index is -0.457. The van der Waals surface area contributed by atoms with Gasteiger partial charge in [-0.2, -0.15) is 4.89 Å². The molecule has 0 radical (unpaired) electrons. The maximum Gasteiger partial charge on any atom is 0.345 e. The zero-order valence-corrected chi connectivity index (χ0v) is 8.70. The fraction of sp³-hybridized carbons (Fsp3) is 0.800. The predicted molar refractivity (Wildman–Crippen MR) is 50.5 cm³/mol. The van der Waals surface area contributed by atoms with Gasteiger partial charge in [0.15, 0.2) is 0 Å². The smallest absolute Gasteiger partial charge is 0.300 e. The molecule has 1 heterocycles. The topological polar surface area (TPSA) is 61.8 Å². The number of carbonyl (C=O) groups is 2. The Bertz CT molecular complexity index is 192. The molecule has 86 valence electrons. The molecule has 1 aliphatic rings. The summed E-state index contributed by atoms with van der Waals surface area (Å²) in [6.07, 6.45) is 4.28. The largest absolute Gasteiger partial charge is 0.345 e. The van der Waals surface area contributed by atoms with Crippen molar-refractivity contribution in [1.29, 1.82) is 0 Å². The van der Waals surface area contributed by atoms with E-state index in [1.165, 1.54) is 0 Å². The van der Waals surface area contributed by atoms with Gasteiger partial charge in [-0.05, 0) is 30.7 Å². The van der Waals surface area contributed by atoms with Crippen molar-refractivity contribution in [2.24, 2.45) is 0 Å². The molecule has 1 rings (SSSR count). The Hall–Kier alpha value is -0.940. The molecule has 1 aliphatic heterocycles. The second kappa shape index (κ2) is 7.36. The van der Waals surface area contributed by atoms with Gasteiger partial charge in [0.2, 0.25) is 0 Å². The van der Waals surface area contributed by atoms with Crippen LogP contribution in [0.5, 0.6) is 0 Å². The van der Waals surface area contributed by atoms with Gasteiger partial charge in [-0.1, -0.05) is 0 Å². The molecular formula is C10H16O5. The lowest BCUT2D eigenvalue weighted by Gasteiger charge is -2.01. The molecule has 0 saturated carbocycles. The van der Waals surface area contributed by atoms with Gasteiger partial charge < -0.3 is 0 Å². The first-order chi connectivity index (χ1) is 7.29. The fourth-order valence-electron chi connectivity index (χ4n) is 1.34. The first kappa shape index (κ1) is 12.1. The Morgan fingerprint density at radius 3 is 2.33 bits per heavy atom. The molecule has 0 amide bonds. The predicted octanol–water partition coefficient (Wildman–Crippen LogP) is 1.71. The van der Waals surface area contributed by atoms with E-state index in [1.54, 1.807) is 0 Å². The molecule has 15 heavy (non-hydrogen) atoms. The summed E-state index contributed by atoms with van der Waals surface area (Å²) in [4.78, 5) is 31.2. The summed E-state index contributed by atoms with van der Waals surface area (Å²) < 4.78 is 0. The quantitative estimate of drug-likeness (QED) is 0.577. The lowest BCUT2D eigenvalue weighted by atomic mass is 10.1. The number of hydrogen-bond donors (Lipinski definition) is 0. The van der Waals surface area contributed by atoms with Gasteiger partial charge in [-0.25, -0.2) is 4.79 Å². The zero-order valence-electron chi connectivity index (χ0n) is 8.70. The van der Waals surface area contributed by atoms with Crippen molar-refractivity contribution < 1.29 is 24.4 Å². The van der Waals surface area contributed by atoms with Crippen LogP contribution in [-0.2, 0) is 24.4 Å². The lowest BCUT2D eigenvalue weighted by Crippen LogP contribution is -2.06. The van der Waals surface area contributed by atoms with Crippen LogP contribution < -0.4 is 0 Å². The highest BCUT2D eigenvalue weighted by atomic mass is 17.5. The molecule has 0 bridgehead atoms. The molecule has 0 unspecified atom stereocenters.